The van der Waals surface area contributed by atoms with Crippen LogP contribution in [-0.2, 0) is 0 Å². The van der Waals surface area contributed by atoms with Crippen molar-refractivity contribution in [3.05, 3.63) is 30.5 Å². The highest BCUT2D eigenvalue weighted by atomic mass is 16.5. The van der Waals surface area contributed by atoms with Gasteiger partial charge in [0.2, 0.25) is 5.88 Å². The first kappa shape index (κ1) is 6.54. The number of fused-ring (bicyclic) bond motifs is 2. The maximum Gasteiger partial charge on any atom is 0.239 e. The summed E-state index contributed by atoms with van der Waals surface area (Å²) in [5.41, 5.74) is 1.84. The summed E-state index contributed by atoms with van der Waals surface area (Å²) in [5.74, 6) is 1.48. The maximum atomic E-state index is 5.54. The van der Waals surface area contributed by atoms with Crippen molar-refractivity contribution in [1.82, 2.24) is 10.2 Å². The number of para-hydroxylation sites is 2. The highest BCUT2D eigenvalue weighted by Crippen LogP contribution is 2.39. The molecule has 0 aliphatic carbocycles. The lowest BCUT2D eigenvalue weighted by molar-refractivity contribution is 0.460. The number of ether oxygens (including phenoxy) is 1. The normalized spacial score (nSPS) is 12.3. The van der Waals surface area contributed by atoms with E-state index in [1.54, 1.807) is 6.20 Å². The SMILES string of the molecule is c1ccc2c(c1)Nc1cn[nH]c1O2. The molecule has 1 aromatic heterocycles. The van der Waals surface area contributed by atoms with E-state index in [9.17, 15) is 0 Å². The van der Waals surface area contributed by atoms with Crippen molar-refractivity contribution in [2.24, 2.45) is 0 Å². The van der Waals surface area contributed by atoms with Gasteiger partial charge in [0.25, 0.3) is 0 Å². The molecule has 2 N–H and O–H groups in total. The smallest absolute Gasteiger partial charge is 0.239 e. The van der Waals surface area contributed by atoms with Crippen molar-refractivity contribution in [1.29, 1.82) is 0 Å². The van der Waals surface area contributed by atoms with Crippen molar-refractivity contribution >= 4 is 11.4 Å². The monoisotopic (exact) mass is 173 g/mol. The molecular formula is C9H7N3O. The highest BCUT2D eigenvalue weighted by Gasteiger charge is 2.16. The molecule has 0 atom stereocenters. The molecule has 0 bridgehead atoms. The summed E-state index contributed by atoms with van der Waals surface area (Å²) < 4.78 is 5.54. The average Bonchev–Trinajstić information content (AvgIpc) is 2.61. The molecule has 1 aliphatic heterocycles. The van der Waals surface area contributed by atoms with Gasteiger partial charge < -0.3 is 10.1 Å². The van der Waals surface area contributed by atoms with Gasteiger partial charge in [0.1, 0.15) is 5.69 Å². The molecule has 3 rings (SSSR count). The molecule has 4 nitrogen and oxygen atoms in total. The van der Waals surface area contributed by atoms with Gasteiger partial charge in [-0.05, 0) is 12.1 Å². The Labute approximate surface area is 74.5 Å². The number of nitrogens with zero attached hydrogens (tertiary/aromatic N) is 1. The molecule has 0 unspecified atom stereocenters. The van der Waals surface area contributed by atoms with Crippen LogP contribution in [-0.4, -0.2) is 10.2 Å². The number of hydrogen-bond acceptors (Lipinski definition) is 3. The zero-order valence-corrected chi connectivity index (χ0v) is 6.74. The minimum absolute atomic E-state index is 0.665. The van der Waals surface area contributed by atoms with Crippen LogP contribution < -0.4 is 10.1 Å². The summed E-state index contributed by atoms with van der Waals surface area (Å²) in [7, 11) is 0. The molecule has 0 spiro atoms. The Morgan fingerprint density at radius 1 is 1.15 bits per heavy atom. The van der Waals surface area contributed by atoms with E-state index in [-0.39, 0.29) is 0 Å². The van der Waals surface area contributed by atoms with Gasteiger partial charge in [0, 0.05) is 0 Å². The van der Waals surface area contributed by atoms with E-state index in [1.165, 1.54) is 0 Å². The number of benzene rings is 1. The second-order valence-electron chi connectivity index (χ2n) is 2.84. The third-order valence-electron chi connectivity index (χ3n) is 1.97. The molecule has 4 heteroatoms. The van der Waals surface area contributed by atoms with Crippen LogP contribution in [0.5, 0.6) is 11.6 Å². The van der Waals surface area contributed by atoms with E-state index >= 15 is 0 Å². The third-order valence-corrected chi connectivity index (χ3v) is 1.97. The lowest BCUT2D eigenvalue weighted by atomic mass is 10.2. The molecule has 0 radical (unpaired) electrons. The summed E-state index contributed by atoms with van der Waals surface area (Å²) in [5, 5.41) is 9.84. The van der Waals surface area contributed by atoms with E-state index in [0.29, 0.717) is 5.88 Å². The predicted octanol–water partition coefficient (Wildman–Crippen LogP) is 2.26. The van der Waals surface area contributed by atoms with E-state index in [1.807, 2.05) is 24.3 Å². The largest absolute Gasteiger partial charge is 0.435 e. The third kappa shape index (κ3) is 0.885. The van der Waals surface area contributed by atoms with Crippen molar-refractivity contribution in [2.75, 3.05) is 5.32 Å². The van der Waals surface area contributed by atoms with Crippen LogP contribution in [0.15, 0.2) is 30.5 Å². The maximum absolute atomic E-state index is 5.54. The molecule has 64 valence electrons. The quantitative estimate of drug-likeness (QED) is 0.548. The summed E-state index contributed by atoms with van der Waals surface area (Å²) in [6, 6.07) is 7.76. The predicted molar refractivity (Wildman–Crippen MR) is 48.4 cm³/mol. The first-order valence-corrected chi connectivity index (χ1v) is 4.01. The van der Waals surface area contributed by atoms with Crippen molar-refractivity contribution in [3.8, 4) is 11.6 Å². The fourth-order valence-electron chi connectivity index (χ4n) is 1.36. The van der Waals surface area contributed by atoms with E-state index < -0.39 is 0 Å². The Morgan fingerprint density at radius 2 is 2.08 bits per heavy atom. The van der Waals surface area contributed by atoms with Crippen LogP contribution in [0.3, 0.4) is 0 Å². The van der Waals surface area contributed by atoms with Crippen LogP contribution in [0.1, 0.15) is 0 Å². The first-order chi connectivity index (χ1) is 6.43. The van der Waals surface area contributed by atoms with Crippen LogP contribution in [0.25, 0.3) is 0 Å². The van der Waals surface area contributed by atoms with Gasteiger partial charge >= 0.3 is 0 Å². The van der Waals surface area contributed by atoms with E-state index in [4.69, 9.17) is 4.74 Å². The van der Waals surface area contributed by atoms with Gasteiger partial charge in [-0.25, -0.2) is 5.10 Å². The Hall–Kier alpha value is -1.97. The molecule has 1 aliphatic rings. The number of hydrogen-bond donors (Lipinski definition) is 2. The second kappa shape index (κ2) is 2.26. The lowest BCUT2D eigenvalue weighted by Crippen LogP contribution is -2.00. The van der Waals surface area contributed by atoms with Crippen molar-refractivity contribution in [3.63, 3.8) is 0 Å². The minimum Gasteiger partial charge on any atom is -0.435 e. The molecular weight excluding hydrogens is 166 g/mol. The Balaban J connectivity index is 2.14. The molecule has 0 saturated carbocycles. The number of nitrogens with one attached hydrogen (secondary N) is 2. The molecule has 0 amide bonds. The van der Waals surface area contributed by atoms with E-state index in [2.05, 4.69) is 15.5 Å². The Bertz CT molecular complexity index is 410. The second-order valence-corrected chi connectivity index (χ2v) is 2.84. The molecule has 2 aromatic rings. The summed E-state index contributed by atoms with van der Waals surface area (Å²) in [6.45, 7) is 0. The zero-order valence-electron chi connectivity index (χ0n) is 6.74. The van der Waals surface area contributed by atoms with Crippen molar-refractivity contribution < 1.29 is 4.74 Å². The number of anilines is 2. The van der Waals surface area contributed by atoms with Gasteiger partial charge in [-0.1, -0.05) is 12.1 Å². The Morgan fingerprint density at radius 3 is 3.08 bits per heavy atom. The van der Waals surface area contributed by atoms with E-state index in [0.717, 1.165) is 17.1 Å². The number of aromatic amines is 1. The minimum atomic E-state index is 0.665. The van der Waals surface area contributed by atoms with Gasteiger partial charge in [-0.2, -0.15) is 5.10 Å². The fraction of sp³-hybridized carbons (Fsp3) is 0. The van der Waals surface area contributed by atoms with Crippen LogP contribution in [0, 0.1) is 0 Å². The van der Waals surface area contributed by atoms with Gasteiger partial charge in [-0.3, -0.25) is 0 Å². The van der Waals surface area contributed by atoms with Crippen LogP contribution in [0.2, 0.25) is 0 Å². The van der Waals surface area contributed by atoms with Gasteiger partial charge in [0.05, 0.1) is 11.9 Å². The summed E-state index contributed by atoms with van der Waals surface area (Å²) in [4.78, 5) is 0. The average molecular weight is 173 g/mol. The molecule has 13 heavy (non-hydrogen) atoms. The molecule has 0 saturated heterocycles. The van der Waals surface area contributed by atoms with Gasteiger partial charge in [-0.15, -0.1) is 0 Å². The first-order valence-electron chi connectivity index (χ1n) is 4.01. The van der Waals surface area contributed by atoms with Crippen LogP contribution >= 0.6 is 0 Å². The number of aromatic nitrogens is 2. The van der Waals surface area contributed by atoms with Crippen molar-refractivity contribution in [2.45, 2.75) is 0 Å². The number of rotatable bonds is 0. The Kier molecular flexibility index (Phi) is 1.14. The highest BCUT2D eigenvalue weighted by molar-refractivity contribution is 5.73. The lowest BCUT2D eigenvalue weighted by Gasteiger charge is -2.17. The van der Waals surface area contributed by atoms with Gasteiger partial charge in [0.15, 0.2) is 5.75 Å². The summed E-state index contributed by atoms with van der Waals surface area (Å²) >= 11 is 0. The standard InChI is InChI=1S/C9H7N3O/c1-2-4-8-6(3-1)11-7-5-10-12-9(7)13-8/h1-5,11H,(H,10,12). The number of H-pyrrole nitrogens is 1. The topological polar surface area (TPSA) is 49.9 Å². The summed E-state index contributed by atoms with van der Waals surface area (Å²) in [6.07, 6.45) is 1.70. The fourth-order valence-corrected chi connectivity index (χ4v) is 1.36. The molecule has 0 fully saturated rings. The zero-order chi connectivity index (χ0) is 8.67. The molecule has 1 aromatic carbocycles. The van der Waals surface area contributed by atoms with Crippen LogP contribution in [0.4, 0.5) is 11.4 Å². The molecule has 2 heterocycles.